The summed E-state index contributed by atoms with van der Waals surface area (Å²) in [5.41, 5.74) is 2.67. The monoisotopic (exact) mass is 391 g/mol. The van der Waals surface area contributed by atoms with E-state index in [0.29, 0.717) is 26.1 Å². The van der Waals surface area contributed by atoms with Crippen molar-refractivity contribution in [3.05, 3.63) is 65.5 Å². The number of carbonyl (C=O) groups excluding carboxylic acids is 2. The van der Waals surface area contributed by atoms with Crippen molar-refractivity contribution < 1.29 is 9.59 Å². The molecule has 0 N–H and O–H groups in total. The van der Waals surface area contributed by atoms with E-state index in [1.165, 1.54) is 0 Å². The van der Waals surface area contributed by atoms with Crippen LogP contribution in [0.2, 0.25) is 0 Å². The molecule has 2 aromatic rings. The van der Waals surface area contributed by atoms with Gasteiger partial charge < -0.3 is 9.80 Å². The van der Waals surface area contributed by atoms with Crippen molar-refractivity contribution in [2.75, 3.05) is 19.6 Å². The SMILES string of the molecule is Cc1cccc(CN2CCCC3(CCN(C(=O)Cc4ccccc4)CC3)C2=O)n1. The number of likely N-dealkylation sites (tertiary alicyclic amines) is 2. The number of rotatable bonds is 4. The zero-order valence-electron chi connectivity index (χ0n) is 17.1. The van der Waals surface area contributed by atoms with Gasteiger partial charge >= 0.3 is 0 Å². The van der Waals surface area contributed by atoms with Crippen LogP contribution in [-0.4, -0.2) is 46.2 Å². The Balaban J connectivity index is 1.38. The summed E-state index contributed by atoms with van der Waals surface area (Å²) in [6, 6.07) is 15.8. The zero-order chi connectivity index (χ0) is 20.3. The number of nitrogens with zero attached hydrogens (tertiary/aromatic N) is 3. The second-order valence-electron chi connectivity index (χ2n) is 8.42. The maximum atomic E-state index is 13.4. The summed E-state index contributed by atoms with van der Waals surface area (Å²) in [6.45, 7) is 4.71. The van der Waals surface area contributed by atoms with Crippen molar-refractivity contribution in [2.24, 2.45) is 5.41 Å². The highest BCUT2D eigenvalue weighted by molar-refractivity contribution is 5.84. The number of piperidine rings is 2. The minimum absolute atomic E-state index is 0.162. The fourth-order valence-corrected chi connectivity index (χ4v) is 4.72. The molecule has 152 valence electrons. The third-order valence-corrected chi connectivity index (χ3v) is 6.39. The molecule has 0 bridgehead atoms. The van der Waals surface area contributed by atoms with Crippen molar-refractivity contribution in [3.63, 3.8) is 0 Å². The number of hydrogen-bond acceptors (Lipinski definition) is 3. The van der Waals surface area contributed by atoms with E-state index < -0.39 is 0 Å². The summed E-state index contributed by atoms with van der Waals surface area (Å²) in [5, 5.41) is 0. The van der Waals surface area contributed by atoms with Crippen LogP contribution in [0.4, 0.5) is 0 Å². The van der Waals surface area contributed by atoms with Gasteiger partial charge in [0.05, 0.1) is 24.1 Å². The molecule has 1 spiro atoms. The first-order chi connectivity index (χ1) is 14.1. The van der Waals surface area contributed by atoms with E-state index in [4.69, 9.17) is 0 Å². The van der Waals surface area contributed by atoms with E-state index >= 15 is 0 Å². The summed E-state index contributed by atoms with van der Waals surface area (Å²) in [5.74, 6) is 0.414. The Morgan fingerprint density at radius 1 is 1.00 bits per heavy atom. The molecule has 29 heavy (non-hydrogen) atoms. The minimum atomic E-state index is -0.300. The van der Waals surface area contributed by atoms with Crippen LogP contribution in [0.5, 0.6) is 0 Å². The lowest BCUT2D eigenvalue weighted by Crippen LogP contribution is -2.54. The standard InChI is InChI=1S/C24H29N3O2/c1-19-7-5-10-21(25-19)18-27-14-6-11-24(23(27)29)12-15-26(16-13-24)22(28)17-20-8-3-2-4-9-20/h2-5,7-10H,6,11-18H2,1H3. The maximum absolute atomic E-state index is 13.4. The molecule has 1 aromatic heterocycles. The third kappa shape index (κ3) is 4.34. The summed E-state index contributed by atoms with van der Waals surface area (Å²) >= 11 is 0. The first-order valence-corrected chi connectivity index (χ1v) is 10.6. The molecule has 0 aliphatic carbocycles. The molecular formula is C24H29N3O2. The average Bonchev–Trinajstić information content (AvgIpc) is 2.73. The van der Waals surface area contributed by atoms with Crippen LogP contribution >= 0.6 is 0 Å². The number of benzene rings is 1. The second-order valence-corrected chi connectivity index (χ2v) is 8.42. The molecule has 2 aliphatic heterocycles. The Labute approximate surface area is 172 Å². The van der Waals surface area contributed by atoms with Crippen molar-refractivity contribution >= 4 is 11.8 Å². The summed E-state index contributed by atoms with van der Waals surface area (Å²) in [7, 11) is 0. The second kappa shape index (κ2) is 8.36. The van der Waals surface area contributed by atoms with Crippen molar-refractivity contribution in [1.82, 2.24) is 14.8 Å². The van der Waals surface area contributed by atoms with Gasteiger partial charge in [-0.1, -0.05) is 36.4 Å². The molecule has 0 unspecified atom stereocenters. The van der Waals surface area contributed by atoms with E-state index in [0.717, 1.165) is 49.2 Å². The van der Waals surface area contributed by atoms with Crippen LogP contribution in [0.1, 0.15) is 42.6 Å². The van der Waals surface area contributed by atoms with E-state index in [2.05, 4.69) is 4.98 Å². The molecular weight excluding hydrogens is 362 g/mol. The lowest BCUT2D eigenvalue weighted by molar-refractivity contribution is -0.153. The maximum Gasteiger partial charge on any atom is 0.229 e. The number of pyridine rings is 1. The zero-order valence-corrected chi connectivity index (χ0v) is 17.1. The van der Waals surface area contributed by atoms with E-state index in [1.54, 1.807) is 0 Å². The number of hydrogen-bond donors (Lipinski definition) is 0. The highest BCUT2D eigenvalue weighted by Crippen LogP contribution is 2.41. The predicted octanol–water partition coefficient (Wildman–Crippen LogP) is 3.36. The Morgan fingerprint density at radius 2 is 1.76 bits per heavy atom. The molecule has 0 saturated carbocycles. The number of aromatic nitrogens is 1. The van der Waals surface area contributed by atoms with E-state index in [9.17, 15) is 9.59 Å². The molecule has 5 nitrogen and oxygen atoms in total. The smallest absolute Gasteiger partial charge is 0.229 e. The van der Waals surface area contributed by atoms with Gasteiger partial charge in [-0.2, -0.15) is 0 Å². The highest BCUT2D eigenvalue weighted by Gasteiger charge is 2.46. The molecule has 1 aromatic carbocycles. The summed E-state index contributed by atoms with van der Waals surface area (Å²) in [6.07, 6.45) is 3.93. The van der Waals surface area contributed by atoms with Crippen molar-refractivity contribution in [3.8, 4) is 0 Å². The quantitative estimate of drug-likeness (QED) is 0.803. The lowest BCUT2D eigenvalue weighted by atomic mass is 9.71. The minimum Gasteiger partial charge on any atom is -0.342 e. The van der Waals surface area contributed by atoms with Gasteiger partial charge in [0.1, 0.15) is 0 Å². The normalized spacial score (nSPS) is 18.9. The number of aryl methyl sites for hydroxylation is 1. The van der Waals surface area contributed by atoms with Gasteiger partial charge in [0.25, 0.3) is 0 Å². The summed E-state index contributed by atoms with van der Waals surface area (Å²) in [4.78, 5) is 34.5. The largest absolute Gasteiger partial charge is 0.342 e. The Kier molecular flexibility index (Phi) is 5.65. The van der Waals surface area contributed by atoms with Crippen LogP contribution in [-0.2, 0) is 22.6 Å². The highest BCUT2D eigenvalue weighted by atomic mass is 16.2. The van der Waals surface area contributed by atoms with E-state index in [1.807, 2.05) is 65.3 Å². The molecule has 5 heteroatoms. The molecule has 4 rings (SSSR count). The number of amides is 2. The van der Waals surface area contributed by atoms with Crippen LogP contribution in [0.3, 0.4) is 0 Å². The van der Waals surface area contributed by atoms with Gasteiger partial charge in [-0.05, 0) is 50.3 Å². The summed E-state index contributed by atoms with van der Waals surface area (Å²) < 4.78 is 0. The number of carbonyl (C=O) groups is 2. The molecule has 2 fully saturated rings. The van der Waals surface area contributed by atoms with Crippen LogP contribution in [0, 0.1) is 12.3 Å². The fourth-order valence-electron chi connectivity index (χ4n) is 4.72. The average molecular weight is 392 g/mol. The lowest BCUT2D eigenvalue weighted by Gasteiger charge is -2.46. The Hall–Kier alpha value is -2.69. The fraction of sp³-hybridized carbons (Fsp3) is 0.458. The molecule has 2 aliphatic rings. The molecule has 3 heterocycles. The van der Waals surface area contributed by atoms with E-state index in [-0.39, 0.29) is 17.2 Å². The van der Waals surface area contributed by atoms with Gasteiger partial charge in [0.15, 0.2) is 0 Å². The van der Waals surface area contributed by atoms with Crippen molar-refractivity contribution in [2.45, 2.75) is 45.6 Å². The van der Waals surface area contributed by atoms with Crippen molar-refractivity contribution in [1.29, 1.82) is 0 Å². The van der Waals surface area contributed by atoms with Crippen LogP contribution < -0.4 is 0 Å². The predicted molar refractivity (Wildman–Crippen MR) is 112 cm³/mol. The van der Waals surface area contributed by atoms with Gasteiger partial charge in [-0.25, -0.2) is 0 Å². The van der Waals surface area contributed by atoms with Gasteiger partial charge in [-0.3, -0.25) is 14.6 Å². The molecule has 0 radical (unpaired) electrons. The van der Waals surface area contributed by atoms with Crippen LogP contribution in [0.25, 0.3) is 0 Å². The molecule has 0 atom stereocenters. The Morgan fingerprint density at radius 3 is 2.48 bits per heavy atom. The first-order valence-electron chi connectivity index (χ1n) is 10.6. The first kappa shape index (κ1) is 19.6. The van der Waals surface area contributed by atoms with Crippen LogP contribution in [0.15, 0.2) is 48.5 Å². The molecule has 2 amide bonds. The third-order valence-electron chi connectivity index (χ3n) is 6.39. The molecule has 2 saturated heterocycles. The Bertz CT molecular complexity index is 873. The van der Waals surface area contributed by atoms with Gasteiger partial charge in [0, 0.05) is 25.3 Å². The van der Waals surface area contributed by atoms with Gasteiger partial charge in [-0.15, -0.1) is 0 Å². The van der Waals surface area contributed by atoms with Gasteiger partial charge in [0.2, 0.25) is 11.8 Å². The topological polar surface area (TPSA) is 53.5 Å².